The molecule has 0 aromatic rings. The molecule has 0 amide bonds. The van der Waals surface area contributed by atoms with Crippen LogP contribution >= 0.6 is 0 Å². The van der Waals surface area contributed by atoms with E-state index >= 15 is 0 Å². The molecular formula is C14H31NO2. The molecule has 1 saturated heterocycles. The molecule has 1 aliphatic carbocycles. The van der Waals surface area contributed by atoms with Crippen LogP contribution in [-0.2, 0) is 9.53 Å². The molecule has 2 aliphatic rings. The zero-order valence-corrected chi connectivity index (χ0v) is 12.1. The number of nitrogens with one attached hydrogen (secondary N) is 1. The third-order valence-corrected chi connectivity index (χ3v) is 2.65. The summed E-state index contributed by atoms with van der Waals surface area (Å²) >= 11 is 0. The molecule has 0 spiro atoms. The summed E-state index contributed by atoms with van der Waals surface area (Å²) in [7, 11) is 1.31. The molecule has 1 N–H and O–H groups in total. The summed E-state index contributed by atoms with van der Waals surface area (Å²) in [4.78, 5) is 8.95. The molecule has 1 heterocycles. The van der Waals surface area contributed by atoms with Gasteiger partial charge in [0, 0.05) is 6.04 Å². The first-order chi connectivity index (χ1) is 8.31. The minimum absolute atomic E-state index is 0.375. The summed E-state index contributed by atoms with van der Waals surface area (Å²) in [5.74, 6) is 0. The Labute approximate surface area is 107 Å². The minimum Gasteiger partial charge on any atom is -0.471 e. The normalized spacial score (nSPS) is 20.8. The van der Waals surface area contributed by atoms with Crippen LogP contribution < -0.4 is 5.32 Å². The fraction of sp³-hybridized carbons (Fsp3) is 0.929. The van der Waals surface area contributed by atoms with Crippen LogP contribution in [0.3, 0.4) is 0 Å². The number of methoxy groups -OCH3 is 1. The molecule has 104 valence electrons. The zero-order chi connectivity index (χ0) is 13.4. The Kier molecular flexibility index (Phi) is 19.7. The van der Waals surface area contributed by atoms with Crippen molar-refractivity contribution in [2.45, 2.75) is 71.8 Å². The Hall–Kier alpha value is -0.570. The smallest absolute Gasteiger partial charge is 0.292 e. The molecule has 1 aliphatic heterocycles. The van der Waals surface area contributed by atoms with E-state index < -0.39 is 0 Å². The molecule has 3 heteroatoms. The van der Waals surface area contributed by atoms with E-state index in [1.807, 2.05) is 13.8 Å². The van der Waals surface area contributed by atoms with Gasteiger partial charge in [-0.3, -0.25) is 4.79 Å². The number of hydrogen-bond donors (Lipinski definition) is 1. The van der Waals surface area contributed by atoms with Gasteiger partial charge in [-0.25, -0.2) is 0 Å². The van der Waals surface area contributed by atoms with Crippen LogP contribution in [0.2, 0.25) is 0 Å². The van der Waals surface area contributed by atoms with Gasteiger partial charge >= 0.3 is 0 Å². The second-order valence-electron chi connectivity index (χ2n) is 4.10. The van der Waals surface area contributed by atoms with E-state index in [0.29, 0.717) is 6.47 Å². The first kappa shape index (κ1) is 18.8. The van der Waals surface area contributed by atoms with Gasteiger partial charge in [0.25, 0.3) is 6.47 Å². The second-order valence-corrected chi connectivity index (χ2v) is 4.10. The number of ether oxygens (including phenoxy) is 1. The van der Waals surface area contributed by atoms with Crippen LogP contribution in [-0.4, -0.2) is 26.2 Å². The summed E-state index contributed by atoms with van der Waals surface area (Å²) in [5, 5.41) is 3.32. The number of carbonyl (C=O) groups is 1. The third kappa shape index (κ3) is 18.0. The number of hydrogen-bond acceptors (Lipinski definition) is 3. The lowest BCUT2D eigenvalue weighted by Crippen LogP contribution is -2.16. The summed E-state index contributed by atoms with van der Waals surface area (Å²) < 4.78 is 3.86. The SMILES string of the molecule is C1CCCC1.CC.CC1CCCN1.COC=O. The molecule has 1 unspecified atom stereocenters. The molecule has 0 bridgehead atoms. The largest absolute Gasteiger partial charge is 0.471 e. The van der Waals surface area contributed by atoms with Crippen LogP contribution in [0, 0.1) is 0 Å². The topological polar surface area (TPSA) is 38.3 Å². The van der Waals surface area contributed by atoms with E-state index in [0.717, 1.165) is 6.04 Å². The van der Waals surface area contributed by atoms with Gasteiger partial charge in [0.2, 0.25) is 0 Å². The third-order valence-electron chi connectivity index (χ3n) is 2.65. The highest BCUT2D eigenvalue weighted by Crippen LogP contribution is 2.15. The Morgan fingerprint density at radius 3 is 1.59 bits per heavy atom. The van der Waals surface area contributed by atoms with E-state index in [1.54, 1.807) is 0 Å². The van der Waals surface area contributed by atoms with Crippen molar-refractivity contribution in [1.29, 1.82) is 0 Å². The Bertz CT molecular complexity index is 123. The first-order valence-corrected chi connectivity index (χ1v) is 7.01. The van der Waals surface area contributed by atoms with Crippen molar-refractivity contribution in [2.75, 3.05) is 13.7 Å². The van der Waals surface area contributed by atoms with Gasteiger partial charge in [-0.2, -0.15) is 0 Å². The molecule has 0 aromatic heterocycles. The molecule has 1 atom stereocenters. The highest BCUT2D eigenvalue weighted by molar-refractivity contribution is 5.36. The molecule has 17 heavy (non-hydrogen) atoms. The Morgan fingerprint density at radius 1 is 1.06 bits per heavy atom. The van der Waals surface area contributed by atoms with Crippen molar-refractivity contribution in [3.8, 4) is 0 Å². The average molecular weight is 245 g/mol. The molecule has 2 rings (SSSR count). The number of carbonyl (C=O) groups excluding carboxylic acids is 1. The maximum absolute atomic E-state index is 8.95. The van der Waals surface area contributed by atoms with Gasteiger partial charge in [-0.05, 0) is 26.3 Å². The lowest BCUT2D eigenvalue weighted by atomic mass is 10.3. The minimum atomic E-state index is 0.375. The molecule has 3 nitrogen and oxygen atoms in total. The quantitative estimate of drug-likeness (QED) is 0.718. The van der Waals surface area contributed by atoms with Gasteiger partial charge in [0.15, 0.2) is 0 Å². The predicted molar refractivity (Wildman–Crippen MR) is 74.2 cm³/mol. The highest BCUT2D eigenvalue weighted by atomic mass is 16.5. The number of rotatable bonds is 1. The Morgan fingerprint density at radius 2 is 1.47 bits per heavy atom. The van der Waals surface area contributed by atoms with E-state index in [9.17, 15) is 0 Å². The maximum atomic E-state index is 8.95. The van der Waals surface area contributed by atoms with Gasteiger partial charge in [0.1, 0.15) is 0 Å². The van der Waals surface area contributed by atoms with Gasteiger partial charge in [-0.15, -0.1) is 0 Å². The summed E-state index contributed by atoms with van der Waals surface area (Å²) in [6, 6.07) is 0.796. The van der Waals surface area contributed by atoms with Crippen LogP contribution in [0.1, 0.15) is 65.7 Å². The van der Waals surface area contributed by atoms with Crippen molar-refractivity contribution in [3.63, 3.8) is 0 Å². The fourth-order valence-electron chi connectivity index (χ4n) is 1.74. The fourth-order valence-corrected chi connectivity index (χ4v) is 1.74. The molecule has 0 aromatic carbocycles. The van der Waals surface area contributed by atoms with Crippen molar-refractivity contribution >= 4 is 6.47 Å². The Balaban J connectivity index is 0. The van der Waals surface area contributed by atoms with E-state index in [2.05, 4.69) is 17.0 Å². The van der Waals surface area contributed by atoms with Gasteiger partial charge < -0.3 is 10.1 Å². The standard InChI is InChI=1S/C5H11N.C5H10.C2H4O2.C2H6/c1-5-3-2-4-6-5;1-2-4-5-3-1;1-4-2-3;1-2/h5-6H,2-4H2,1H3;1-5H2;2H,1H3;1-2H3. The van der Waals surface area contributed by atoms with Crippen LogP contribution in [0.4, 0.5) is 0 Å². The lowest BCUT2D eigenvalue weighted by Gasteiger charge is -1.95. The second kappa shape index (κ2) is 17.8. The summed E-state index contributed by atoms with van der Waals surface area (Å²) in [6.45, 7) is 7.84. The van der Waals surface area contributed by atoms with Crippen LogP contribution in [0.15, 0.2) is 0 Å². The van der Waals surface area contributed by atoms with E-state index in [-0.39, 0.29) is 0 Å². The van der Waals surface area contributed by atoms with E-state index in [1.165, 1.54) is 58.6 Å². The predicted octanol–water partition coefficient (Wildman–Crippen LogP) is 3.52. The summed E-state index contributed by atoms with van der Waals surface area (Å²) in [6.07, 6.45) is 10.3. The lowest BCUT2D eigenvalue weighted by molar-refractivity contribution is -0.126. The zero-order valence-electron chi connectivity index (χ0n) is 12.1. The van der Waals surface area contributed by atoms with Gasteiger partial charge in [0.05, 0.1) is 7.11 Å². The maximum Gasteiger partial charge on any atom is 0.292 e. The van der Waals surface area contributed by atoms with E-state index in [4.69, 9.17) is 4.79 Å². The average Bonchev–Trinajstić information content (AvgIpc) is 3.07. The van der Waals surface area contributed by atoms with Crippen LogP contribution in [0.5, 0.6) is 0 Å². The molecule has 2 fully saturated rings. The van der Waals surface area contributed by atoms with Gasteiger partial charge in [-0.1, -0.05) is 46.0 Å². The highest BCUT2D eigenvalue weighted by Gasteiger charge is 2.05. The van der Waals surface area contributed by atoms with Crippen molar-refractivity contribution in [2.24, 2.45) is 0 Å². The van der Waals surface area contributed by atoms with Crippen LogP contribution in [0.25, 0.3) is 0 Å². The van der Waals surface area contributed by atoms with Crippen molar-refractivity contribution in [3.05, 3.63) is 0 Å². The monoisotopic (exact) mass is 245 g/mol. The van der Waals surface area contributed by atoms with Crippen molar-refractivity contribution in [1.82, 2.24) is 5.32 Å². The first-order valence-electron chi connectivity index (χ1n) is 7.01. The van der Waals surface area contributed by atoms with Crippen molar-refractivity contribution < 1.29 is 9.53 Å². The molecule has 1 saturated carbocycles. The summed E-state index contributed by atoms with van der Waals surface area (Å²) in [5.41, 5.74) is 0. The molecule has 0 radical (unpaired) electrons. The molecular weight excluding hydrogens is 214 g/mol.